The molecule has 0 unspecified atom stereocenters. The maximum Gasteiger partial charge on any atom is 0.407 e. The minimum absolute atomic E-state index is 0.00912. The van der Waals surface area contributed by atoms with E-state index >= 15 is 0 Å². The molecule has 162 valence electrons. The van der Waals surface area contributed by atoms with Gasteiger partial charge in [-0.25, -0.2) is 13.6 Å². The van der Waals surface area contributed by atoms with Gasteiger partial charge in [0.2, 0.25) is 5.91 Å². The van der Waals surface area contributed by atoms with Gasteiger partial charge in [0.25, 0.3) is 0 Å². The third kappa shape index (κ3) is 6.96. The number of methoxy groups -OCH3 is 1. The van der Waals surface area contributed by atoms with E-state index in [0.29, 0.717) is 19.4 Å². The molecule has 29 heavy (non-hydrogen) atoms. The molecule has 0 bridgehead atoms. The Balaban J connectivity index is 1.98. The Bertz CT molecular complexity index is 721. The number of amides is 2. The quantitative estimate of drug-likeness (QED) is 0.777. The summed E-state index contributed by atoms with van der Waals surface area (Å²) in [4.78, 5) is 26.4. The molecule has 2 amide bonds. The predicted molar refractivity (Wildman–Crippen MR) is 104 cm³/mol. The zero-order valence-corrected chi connectivity index (χ0v) is 17.5. The molecule has 0 saturated carbocycles. The Morgan fingerprint density at radius 2 is 2.00 bits per heavy atom. The minimum atomic E-state index is -0.921. The van der Waals surface area contributed by atoms with Gasteiger partial charge < -0.3 is 19.7 Å². The van der Waals surface area contributed by atoms with E-state index in [-0.39, 0.29) is 43.0 Å². The molecule has 0 spiro atoms. The summed E-state index contributed by atoms with van der Waals surface area (Å²) in [5.41, 5.74) is -0.440. The zero-order chi connectivity index (χ0) is 21.6. The SMILES string of the molecule is CO[C@@H]1CCN(C(=O)CCc2cccc(F)c2F)[C@@H](CNC(=O)OC(C)(C)C)C1. The molecule has 1 aromatic rings. The first kappa shape index (κ1) is 23.1. The van der Waals surface area contributed by atoms with Crippen molar-refractivity contribution in [1.29, 1.82) is 0 Å². The predicted octanol–water partition coefficient (Wildman–Crippen LogP) is 3.43. The van der Waals surface area contributed by atoms with Gasteiger partial charge in [-0.1, -0.05) is 12.1 Å². The second-order valence-electron chi connectivity index (χ2n) is 8.22. The molecule has 0 aromatic heterocycles. The lowest BCUT2D eigenvalue weighted by molar-refractivity contribution is -0.137. The van der Waals surface area contributed by atoms with E-state index in [1.807, 2.05) is 0 Å². The topological polar surface area (TPSA) is 67.9 Å². The number of hydrogen-bond acceptors (Lipinski definition) is 4. The highest BCUT2D eigenvalue weighted by atomic mass is 19.2. The molecule has 1 saturated heterocycles. The fraction of sp³-hybridized carbons (Fsp3) is 0.619. The standard InChI is InChI=1S/C21H30F2N2O4/c1-21(2,3)29-20(27)24-13-15-12-16(28-4)10-11-25(15)18(26)9-8-14-6-5-7-17(22)19(14)23/h5-7,15-16H,8-13H2,1-4H3,(H,24,27)/t15-,16-/m1/s1. The van der Waals surface area contributed by atoms with Crippen molar-refractivity contribution in [2.45, 2.75) is 64.2 Å². The lowest BCUT2D eigenvalue weighted by atomic mass is 9.98. The van der Waals surface area contributed by atoms with Gasteiger partial charge in [0.05, 0.1) is 12.1 Å². The van der Waals surface area contributed by atoms with E-state index in [1.54, 1.807) is 32.8 Å². The third-order valence-electron chi connectivity index (χ3n) is 4.84. The number of hydrogen-bond donors (Lipinski definition) is 1. The molecule has 1 aliphatic rings. The number of rotatable bonds is 6. The van der Waals surface area contributed by atoms with Gasteiger partial charge in [-0.2, -0.15) is 0 Å². The molecule has 0 radical (unpaired) electrons. The Hall–Kier alpha value is -2.22. The molecule has 1 aromatic carbocycles. The average molecular weight is 412 g/mol. The largest absolute Gasteiger partial charge is 0.444 e. The van der Waals surface area contributed by atoms with E-state index in [0.717, 1.165) is 6.07 Å². The molecule has 1 N–H and O–H groups in total. The van der Waals surface area contributed by atoms with Crippen LogP contribution in [0.15, 0.2) is 18.2 Å². The molecule has 1 heterocycles. The van der Waals surface area contributed by atoms with Crippen molar-refractivity contribution in [3.8, 4) is 0 Å². The molecule has 0 aliphatic carbocycles. The Morgan fingerprint density at radius 1 is 1.28 bits per heavy atom. The highest BCUT2D eigenvalue weighted by Gasteiger charge is 2.32. The first-order chi connectivity index (χ1) is 13.6. The van der Waals surface area contributed by atoms with Crippen molar-refractivity contribution >= 4 is 12.0 Å². The second kappa shape index (κ2) is 10.0. The summed E-state index contributed by atoms with van der Waals surface area (Å²) < 4.78 is 37.9. The number of alkyl carbamates (subject to hydrolysis) is 1. The van der Waals surface area contributed by atoms with E-state index < -0.39 is 23.3 Å². The van der Waals surface area contributed by atoms with Gasteiger partial charge in [-0.3, -0.25) is 4.79 Å². The average Bonchev–Trinajstić information content (AvgIpc) is 2.65. The first-order valence-electron chi connectivity index (χ1n) is 9.82. The molecule has 1 fully saturated rings. The van der Waals surface area contributed by atoms with Gasteiger partial charge in [0.15, 0.2) is 11.6 Å². The highest BCUT2D eigenvalue weighted by molar-refractivity contribution is 5.77. The van der Waals surface area contributed by atoms with Crippen LogP contribution < -0.4 is 5.32 Å². The van der Waals surface area contributed by atoms with E-state index in [4.69, 9.17) is 9.47 Å². The molecule has 8 heteroatoms. The van der Waals surface area contributed by atoms with Crippen LogP contribution in [0.5, 0.6) is 0 Å². The second-order valence-corrected chi connectivity index (χ2v) is 8.22. The molecular formula is C21H30F2N2O4. The van der Waals surface area contributed by atoms with E-state index in [2.05, 4.69) is 5.32 Å². The van der Waals surface area contributed by atoms with Crippen LogP contribution in [0.4, 0.5) is 13.6 Å². The van der Waals surface area contributed by atoms with Crippen molar-refractivity contribution < 1.29 is 27.8 Å². The Kier molecular flexibility index (Phi) is 7.96. The fourth-order valence-corrected chi connectivity index (χ4v) is 3.39. The third-order valence-corrected chi connectivity index (χ3v) is 4.84. The van der Waals surface area contributed by atoms with Gasteiger partial charge in [-0.05, 0) is 51.7 Å². The maximum atomic E-state index is 13.8. The monoisotopic (exact) mass is 412 g/mol. The number of nitrogens with one attached hydrogen (secondary N) is 1. The van der Waals surface area contributed by atoms with Crippen LogP contribution in [-0.2, 0) is 20.7 Å². The van der Waals surface area contributed by atoms with Gasteiger partial charge in [-0.15, -0.1) is 0 Å². The summed E-state index contributed by atoms with van der Waals surface area (Å²) in [5.74, 6) is -2.00. The molecular weight excluding hydrogens is 382 g/mol. The van der Waals surface area contributed by atoms with Crippen LogP contribution in [0.3, 0.4) is 0 Å². The number of benzene rings is 1. The number of piperidine rings is 1. The lowest BCUT2D eigenvalue weighted by Gasteiger charge is -2.39. The fourth-order valence-electron chi connectivity index (χ4n) is 3.39. The van der Waals surface area contributed by atoms with Crippen molar-refractivity contribution in [1.82, 2.24) is 10.2 Å². The number of carbonyl (C=O) groups is 2. The number of ether oxygens (including phenoxy) is 2. The van der Waals surface area contributed by atoms with Crippen LogP contribution in [0.25, 0.3) is 0 Å². The Labute approximate surface area is 170 Å². The first-order valence-corrected chi connectivity index (χ1v) is 9.82. The van der Waals surface area contributed by atoms with Crippen molar-refractivity contribution in [3.05, 3.63) is 35.4 Å². The highest BCUT2D eigenvalue weighted by Crippen LogP contribution is 2.22. The van der Waals surface area contributed by atoms with Crippen LogP contribution in [-0.4, -0.2) is 54.8 Å². The van der Waals surface area contributed by atoms with Crippen LogP contribution >= 0.6 is 0 Å². The van der Waals surface area contributed by atoms with Crippen molar-refractivity contribution in [2.75, 3.05) is 20.2 Å². The number of nitrogens with zero attached hydrogens (tertiary/aromatic N) is 1. The summed E-state index contributed by atoms with van der Waals surface area (Å²) in [6.07, 6.45) is 0.863. The van der Waals surface area contributed by atoms with Crippen molar-refractivity contribution in [3.63, 3.8) is 0 Å². The van der Waals surface area contributed by atoms with Gasteiger partial charge >= 0.3 is 6.09 Å². The molecule has 6 nitrogen and oxygen atoms in total. The van der Waals surface area contributed by atoms with Crippen LogP contribution in [0.2, 0.25) is 0 Å². The summed E-state index contributed by atoms with van der Waals surface area (Å²) in [6, 6.07) is 3.69. The lowest BCUT2D eigenvalue weighted by Crippen LogP contribution is -2.53. The van der Waals surface area contributed by atoms with E-state index in [9.17, 15) is 18.4 Å². The number of aryl methyl sites for hydroxylation is 1. The number of carbonyl (C=O) groups excluding carboxylic acids is 2. The normalized spacial score (nSPS) is 19.7. The number of likely N-dealkylation sites (tertiary alicyclic amines) is 1. The summed E-state index contributed by atoms with van der Waals surface area (Å²) in [7, 11) is 1.62. The summed E-state index contributed by atoms with van der Waals surface area (Å²) >= 11 is 0. The summed E-state index contributed by atoms with van der Waals surface area (Å²) in [5, 5.41) is 2.71. The van der Waals surface area contributed by atoms with Crippen LogP contribution in [0.1, 0.15) is 45.6 Å². The summed E-state index contributed by atoms with van der Waals surface area (Å²) in [6.45, 7) is 6.03. The smallest absolute Gasteiger partial charge is 0.407 e. The van der Waals surface area contributed by atoms with Crippen molar-refractivity contribution in [2.24, 2.45) is 0 Å². The van der Waals surface area contributed by atoms with Crippen LogP contribution in [0, 0.1) is 11.6 Å². The van der Waals surface area contributed by atoms with E-state index in [1.165, 1.54) is 12.1 Å². The van der Waals surface area contributed by atoms with Gasteiger partial charge in [0.1, 0.15) is 5.60 Å². The molecule has 1 aliphatic heterocycles. The molecule has 2 atom stereocenters. The molecule has 2 rings (SSSR count). The Morgan fingerprint density at radius 3 is 2.66 bits per heavy atom. The zero-order valence-electron chi connectivity index (χ0n) is 17.5. The van der Waals surface area contributed by atoms with Gasteiger partial charge in [0, 0.05) is 26.6 Å². The minimum Gasteiger partial charge on any atom is -0.444 e. The number of halogens is 2. The maximum absolute atomic E-state index is 13.8.